The standard InChI is InChI=1S/C21H17N2O2P/c24-26(23-19-12-7-13-22-14-19)15-20(17-8-3-1-4-9-17)25-21(16-26)18-10-5-2-6-11-18/h1-16H,(H,23,24). The van der Waals surface area contributed by atoms with E-state index in [1.165, 1.54) is 0 Å². The molecule has 0 spiro atoms. The summed E-state index contributed by atoms with van der Waals surface area (Å²) < 4.78 is 19.7. The Balaban J connectivity index is 1.77. The maximum Gasteiger partial charge on any atom is 0.220 e. The molecular weight excluding hydrogens is 343 g/mol. The fourth-order valence-corrected chi connectivity index (χ4v) is 4.56. The largest absolute Gasteiger partial charge is 0.456 e. The first-order valence-corrected chi connectivity index (χ1v) is 10.1. The maximum atomic E-state index is 13.6. The highest BCUT2D eigenvalue weighted by molar-refractivity contribution is 7.72. The Hall–Kier alpha value is -3.10. The third kappa shape index (κ3) is 3.61. The van der Waals surface area contributed by atoms with Gasteiger partial charge in [-0.1, -0.05) is 60.7 Å². The van der Waals surface area contributed by atoms with Gasteiger partial charge in [0.15, 0.2) is 0 Å². The summed E-state index contributed by atoms with van der Waals surface area (Å²) in [5.41, 5.74) is 2.45. The van der Waals surface area contributed by atoms with Crippen LogP contribution < -0.4 is 5.09 Å². The molecule has 26 heavy (non-hydrogen) atoms. The second kappa shape index (κ2) is 7.03. The van der Waals surface area contributed by atoms with E-state index in [1.807, 2.05) is 66.7 Å². The molecule has 1 aromatic heterocycles. The van der Waals surface area contributed by atoms with E-state index in [4.69, 9.17) is 4.74 Å². The zero-order chi connectivity index (χ0) is 17.8. The highest BCUT2D eigenvalue weighted by atomic mass is 31.2. The monoisotopic (exact) mass is 360 g/mol. The van der Waals surface area contributed by atoms with Crippen LogP contribution in [0.25, 0.3) is 11.5 Å². The van der Waals surface area contributed by atoms with Crippen LogP contribution in [0.3, 0.4) is 0 Å². The fraction of sp³-hybridized carbons (Fsp3) is 0. The van der Waals surface area contributed by atoms with E-state index in [9.17, 15) is 4.57 Å². The topological polar surface area (TPSA) is 51.2 Å². The molecule has 0 atom stereocenters. The highest BCUT2D eigenvalue weighted by Crippen LogP contribution is 2.55. The molecule has 1 aliphatic heterocycles. The van der Waals surface area contributed by atoms with Crippen LogP contribution in [-0.4, -0.2) is 4.98 Å². The van der Waals surface area contributed by atoms with Crippen LogP contribution in [-0.2, 0) is 9.30 Å². The molecule has 4 nitrogen and oxygen atoms in total. The normalized spacial score (nSPS) is 15.4. The van der Waals surface area contributed by atoms with Crippen LogP contribution in [0.15, 0.2) is 96.8 Å². The van der Waals surface area contributed by atoms with E-state index in [0.717, 1.165) is 11.1 Å². The van der Waals surface area contributed by atoms with Gasteiger partial charge in [-0.05, 0) is 12.1 Å². The number of ether oxygens (including phenoxy) is 1. The van der Waals surface area contributed by atoms with Crippen molar-refractivity contribution in [1.82, 2.24) is 4.98 Å². The predicted molar refractivity (Wildman–Crippen MR) is 105 cm³/mol. The number of benzene rings is 2. The molecule has 4 rings (SSSR count). The molecule has 0 bridgehead atoms. The molecule has 1 aliphatic rings. The Morgan fingerprint density at radius 1 is 0.769 bits per heavy atom. The highest BCUT2D eigenvalue weighted by Gasteiger charge is 2.27. The van der Waals surface area contributed by atoms with Gasteiger partial charge in [-0.2, -0.15) is 0 Å². The number of nitrogens with zero attached hydrogens (tertiary/aromatic N) is 1. The molecule has 3 aromatic rings. The lowest BCUT2D eigenvalue weighted by atomic mass is 10.2. The molecule has 0 unspecified atom stereocenters. The lowest BCUT2D eigenvalue weighted by Crippen LogP contribution is -2.03. The third-order valence-corrected chi connectivity index (χ3v) is 5.76. The molecule has 1 N–H and O–H groups in total. The van der Waals surface area contributed by atoms with Crippen molar-refractivity contribution >= 4 is 24.5 Å². The SMILES string of the molecule is O=P1(Nc2cccnc2)C=C(c2ccccc2)OC(c2ccccc2)=C1. The van der Waals surface area contributed by atoms with Crippen molar-refractivity contribution in [2.24, 2.45) is 0 Å². The molecule has 5 heteroatoms. The van der Waals surface area contributed by atoms with Crippen LogP contribution in [0, 0.1) is 0 Å². The van der Waals surface area contributed by atoms with Crippen LogP contribution in [0.5, 0.6) is 0 Å². The summed E-state index contributed by atoms with van der Waals surface area (Å²) in [6.07, 6.45) is 3.34. The molecular formula is C21H17N2O2P. The number of pyridine rings is 1. The zero-order valence-electron chi connectivity index (χ0n) is 13.9. The lowest BCUT2D eigenvalue weighted by Gasteiger charge is -2.23. The van der Waals surface area contributed by atoms with Crippen LogP contribution in [0.2, 0.25) is 0 Å². The van der Waals surface area contributed by atoms with Crippen molar-refractivity contribution in [3.05, 3.63) is 108 Å². The van der Waals surface area contributed by atoms with E-state index in [-0.39, 0.29) is 0 Å². The molecule has 2 aromatic carbocycles. The van der Waals surface area contributed by atoms with Crippen LogP contribution in [0.1, 0.15) is 11.1 Å². The molecule has 0 radical (unpaired) electrons. The number of anilines is 1. The van der Waals surface area contributed by atoms with Crippen LogP contribution >= 0.6 is 7.29 Å². The van der Waals surface area contributed by atoms with E-state index in [0.29, 0.717) is 17.2 Å². The van der Waals surface area contributed by atoms with Crippen LogP contribution in [0.4, 0.5) is 5.69 Å². The van der Waals surface area contributed by atoms with Crippen molar-refractivity contribution in [3.63, 3.8) is 0 Å². The molecule has 0 fully saturated rings. The van der Waals surface area contributed by atoms with Gasteiger partial charge in [0.1, 0.15) is 11.5 Å². The molecule has 0 aliphatic carbocycles. The second-order valence-corrected chi connectivity index (χ2v) is 8.04. The first-order valence-electron chi connectivity index (χ1n) is 8.24. The molecule has 0 saturated carbocycles. The number of hydrogen-bond acceptors (Lipinski definition) is 3. The quantitative estimate of drug-likeness (QED) is 0.598. The first kappa shape index (κ1) is 16.4. The number of rotatable bonds is 4. The van der Waals surface area contributed by atoms with Gasteiger partial charge in [-0.3, -0.25) is 9.55 Å². The van der Waals surface area contributed by atoms with Gasteiger partial charge in [0.2, 0.25) is 7.29 Å². The van der Waals surface area contributed by atoms with Gasteiger partial charge in [-0.15, -0.1) is 0 Å². The minimum Gasteiger partial charge on any atom is -0.456 e. The second-order valence-electron chi connectivity index (χ2n) is 5.88. The summed E-state index contributed by atoms with van der Waals surface area (Å²) in [6, 6.07) is 23.0. The smallest absolute Gasteiger partial charge is 0.220 e. The Morgan fingerprint density at radius 3 is 1.85 bits per heavy atom. The van der Waals surface area contributed by atoms with E-state index >= 15 is 0 Å². The van der Waals surface area contributed by atoms with Crippen molar-refractivity contribution in [2.75, 3.05) is 5.09 Å². The number of aromatic nitrogens is 1. The van der Waals surface area contributed by atoms with Gasteiger partial charge in [0, 0.05) is 29.0 Å². The molecule has 0 amide bonds. The van der Waals surface area contributed by atoms with Gasteiger partial charge >= 0.3 is 0 Å². The summed E-state index contributed by atoms with van der Waals surface area (Å²) in [5, 5.41) is 3.12. The Morgan fingerprint density at radius 2 is 1.35 bits per heavy atom. The Labute approximate surface area is 152 Å². The maximum absolute atomic E-state index is 13.6. The van der Waals surface area contributed by atoms with Crippen molar-refractivity contribution in [2.45, 2.75) is 0 Å². The van der Waals surface area contributed by atoms with Gasteiger partial charge in [0.25, 0.3) is 0 Å². The van der Waals surface area contributed by atoms with E-state index in [1.54, 1.807) is 30.1 Å². The summed E-state index contributed by atoms with van der Waals surface area (Å²) >= 11 is 0. The summed E-state index contributed by atoms with van der Waals surface area (Å²) in [6.45, 7) is 0. The number of nitrogens with one attached hydrogen (secondary N) is 1. The van der Waals surface area contributed by atoms with Gasteiger partial charge < -0.3 is 9.82 Å². The molecule has 0 saturated heterocycles. The van der Waals surface area contributed by atoms with Crippen molar-refractivity contribution in [3.8, 4) is 0 Å². The minimum absolute atomic E-state index is 0.576. The third-order valence-electron chi connectivity index (χ3n) is 3.92. The zero-order valence-corrected chi connectivity index (χ0v) is 14.8. The minimum atomic E-state index is -3.02. The Kier molecular flexibility index (Phi) is 4.42. The fourth-order valence-electron chi connectivity index (χ4n) is 2.72. The van der Waals surface area contributed by atoms with Gasteiger partial charge in [-0.25, -0.2) is 0 Å². The molecule has 2 heterocycles. The summed E-state index contributed by atoms with van der Waals surface area (Å²) in [4.78, 5) is 4.08. The first-order chi connectivity index (χ1) is 12.7. The van der Waals surface area contributed by atoms with Gasteiger partial charge in [0.05, 0.1) is 11.9 Å². The Bertz CT molecular complexity index is 940. The number of hydrogen-bond donors (Lipinski definition) is 1. The summed E-state index contributed by atoms with van der Waals surface area (Å²) in [7, 11) is -3.02. The van der Waals surface area contributed by atoms with Crippen molar-refractivity contribution in [1.29, 1.82) is 0 Å². The average molecular weight is 360 g/mol. The van der Waals surface area contributed by atoms with E-state index in [2.05, 4.69) is 10.1 Å². The van der Waals surface area contributed by atoms with E-state index < -0.39 is 7.29 Å². The lowest BCUT2D eigenvalue weighted by molar-refractivity contribution is 0.469. The predicted octanol–water partition coefficient (Wildman–Crippen LogP) is 5.80. The van der Waals surface area contributed by atoms with Crippen molar-refractivity contribution < 1.29 is 9.30 Å². The molecule has 128 valence electrons. The summed E-state index contributed by atoms with van der Waals surface area (Å²) in [5.74, 6) is 4.49. The average Bonchev–Trinajstić information content (AvgIpc) is 2.69.